The molecule has 0 saturated heterocycles. The average molecular weight is 891 g/mol. The molecule has 0 radical (unpaired) electrons. The van der Waals surface area contributed by atoms with E-state index in [1.54, 1.807) is 6.08 Å². The molecule has 370 valence electrons. The van der Waals surface area contributed by atoms with E-state index < -0.39 is 12.1 Å². The first-order chi connectivity index (χ1) is 31.7. The molecule has 4 heteroatoms. The Morgan fingerprint density at radius 1 is 0.391 bits per heavy atom. The third kappa shape index (κ3) is 50.6. The van der Waals surface area contributed by atoms with Gasteiger partial charge >= 0.3 is 0 Å². The van der Waals surface area contributed by atoms with E-state index in [4.69, 9.17) is 0 Å². The van der Waals surface area contributed by atoms with Gasteiger partial charge < -0.3 is 15.5 Å². The Kier molecular flexibility index (Phi) is 52.8. The van der Waals surface area contributed by atoms with Gasteiger partial charge in [0.25, 0.3) is 0 Å². The standard InChI is InChI=1S/C60H107NO3/c1-3-5-7-9-11-13-15-17-19-21-23-25-27-29-30-32-34-36-38-40-42-44-46-48-50-52-54-56-60(64)61-58(57-62)59(63)55-53-51-49-47-45-43-41-39-37-35-33-31-28-26-24-22-20-18-16-14-12-10-8-6-4-2/h5,7,11,13,17,19,23,25,29-30,34,36,53,55,58-59,62-63H,3-4,6,8-10,12,14-16,18,20-22,24,26-28,31-33,35,37-52,54,56-57H2,1-2H3,(H,61,64)/b7-5-,13-11-,19-17-,25-23-,30-29-,36-34-,55-53+. The molecule has 2 unspecified atom stereocenters. The minimum absolute atomic E-state index is 0.0734. The summed E-state index contributed by atoms with van der Waals surface area (Å²) in [6, 6.07) is -0.633. The minimum atomic E-state index is -0.849. The van der Waals surface area contributed by atoms with E-state index in [0.717, 1.165) is 70.6 Å². The number of carbonyl (C=O) groups excluding carboxylic acids is 1. The summed E-state index contributed by atoms with van der Waals surface area (Å²) in [5.41, 5.74) is 0. The first kappa shape index (κ1) is 61.6. The smallest absolute Gasteiger partial charge is 0.220 e. The summed E-state index contributed by atoms with van der Waals surface area (Å²) >= 11 is 0. The molecule has 0 aromatic carbocycles. The van der Waals surface area contributed by atoms with Crippen LogP contribution in [0, 0.1) is 0 Å². The van der Waals surface area contributed by atoms with E-state index in [2.05, 4.69) is 92.1 Å². The van der Waals surface area contributed by atoms with Crippen molar-refractivity contribution in [1.82, 2.24) is 5.32 Å². The Morgan fingerprint density at radius 2 is 0.688 bits per heavy atom. The average Bonchev–Trinajstić information content (AvgIpc) is 3.30. The maximum absolute atomic E-state index is 12.5. The van der Waals surface area contributed by atoms with Crippen LogP contribution >= 0.6 is 0 Å². The van der Waals surface area contributed by atoms with Crippen molar-refractivity contribution in [1.29, 1.82) is 0 Å². The molecule has 0 aromatic heterocycles. The van der Waals surface area contributed by atoms with Crippen LogP contribution < -0.4 is 5.32 Å². The van der Waals surface area contributed by atoms with E-state index in [1.807, 2.05) is 6.08 Å². The lowest BCUT2D eigenvalue weighted by atomic mass is 10.0. The van der Waals surface area contributed by atoms with Crippen molar-refractivity contribution < 1.29 is 15.0 Å². The number of aliphatic hydroxyl groups excluding tert-OH is 2. The van der Waals surface area contributed by atoms with Gasteiger partial charge in [-0.05, 0) is 70.6 Å². The number of nitrogens with one attached hydrogen (secondary N) is 1. The first-order valence-corrected chi connectivity index (χ1v) is 27.8. The van der Waals surface area contributed by atoms with Crippen LogP contribution in [0.15, 0.2) is 85.1 Å². The van der Waals surface area contributed by atoms with Crippen molar-refractivity contribution in [2.75, 3.05) is 6.61 Å². The molecule has 0 aliphatic heterocycles. The molecule has 0 heterocycles. The molecule has 0 aliphatic carbocycles. The number of hydrogen-bond acceptors (Lipinski definition) is 3. The van der Waals surface area contributed by atoms with E-state index >= 15 is 0 Å². The number of amides is 1. The zero-order valence-corrected chi connectivity index (χ0v) is 42.5. The Morgan fingerprint density at radius 3 is 1.03 bits per heavy atom. The van der Waals surface area contributed by atoms with Crippen LogP contribution in [0.25, 0.3) is 0 Å². The maximum Gasteiger partial charge on any atom is 0.220 e. The van der Waals surface area contributed by atoms with E-state index in [0.29, 0.717) is 6.42 Å². The molecule has 0 fully saturated rings. The minimum Gasteiger partial charge on any atom is -0.394 e. The molecule has 3 N–H and O–H groups in total. The van der Waals surface area contributed by atoms with Gasteiger partial charge in [0, 0.05) is 6.42 Å². The zero-order chi connectivity index (χ0) is 46.3. The van der Waals surface area contributed by atoms with Gasteiger partial charge in [-0.25, -0.2) is 0 Å². The maximum atomic E-state index is 12.5. The number of rotatable bonds is 50. The SMILES string of the molecule is CC/C=C\C/C=C\C/C=C\C/C=C\C/C=C\C/C=C\CCCCCCCCCCC(=O)NC(CO)C(O)/C=C/CCCCCCCCCCCCCCCCCCCCCCCCC. The van der Waals surface area contributed by atoms with Crippen LogP contribution in [0.4, 0.5) is 0 Å². The molecule has 0 bridgehead atoms. The third-order valence-corrected chi connectivity index (χ3v) is 12.4. The molecule has 0 rings (SSSR count). The van der Waals surface area contributed by atoms with Crippen molar-refractivity contribution in [3.63, 3.8) is 0 Å². The quantitative estimate of drug-likeness (QED) is 0.0421. The second-order valence-corrected chi connectivity index (χ2v) is 18.6. The highest BCUT2D eigenvalue weighted by Gasteiger charge is 2.18. The summed E-state index contributed by atoms with van der Waals surface area (Å²) in [5, 5.41) is 23.2. The molecular formula is C60H107NO3. The Labute approximate surface area is 399 Å². The number of unbranched alkanes of at least 4 members (excludes halogenated alkanes) is 31. The van der Waals surface area contributed by atoms with Crippen molar-refractivity contribution in [3.8, 4) is 0 Å². The molecule has 64 heavy (non-hydrogen) atoms. The Balaban J connectivity index is 3.57. The summed E-state index contributed by atoms with van der Waals surface area (Å²) in [7, 11) is 0. The van der Waals surface area contributed by atoms with Crippen molar-refractivity contribution in [2.45, 2.75) is 283 Å². The van der Waals surface area contributed by atoms with Gasteiger partial charge in [0.2, 0.25) is 5.91 Å². The Hall–Kier alpha value is -2.43. The highest BCUT2D eigenvalue weighted by atomic mass is 16.3. The summed E-state index contributed by atoms with van der Waals surface area (Å²) < 4.78 is 0. The fourth-order valence-electron chi connectivity index (χ4n) is 8.18. The van der Waals surface area contributed by atoms with Crippen molar-refractivity contribution >= 4 is 5.91 Å². The molecule has 0 aliphatic rings. The number of allylic oxidation sites excluding steroid dienone is 13. The highest BCUT2D eigenvalue weighted by Crippen LogP contribution is 2.16. The largest absolute Gasteiger partial charge is 0.394 e. The fraction of sp³-hybridized carbons (Fsp3) is 0.750. The normalized spacial score (nSPS) is 13.5. The number of aliphatic hydroxyl groups is 2. The topological polar surface area (TPSA) is 69.6 Å². The zero-order valence-electron chi connectivity index (χ0n) is 42.5. The van der Waals surface area contributed by atoms with Gasteiger partial charge in [0.1, 0.15) is 0 Å². The van der Waals surface area contributed by atoms with Crippen molar-refractivity contribution in [2.24, 2.45) is 0 Å². The van der Waals surface area contributed by atoms with Crippen molar-refractivity contribution in [3.05, 3.63) is 85.1 Å². The second-order valence-electron chi connectivity index (χ2n) is 18.6. The highest BCUT2D eigenvalue weighted by molar-refractivity contribution is 5.76. The van der Waals surface area contributed by atoms with Gasteiger partial charge in [-0.3, -0.25) is 4.79 Å². The monoisotopic (exact) mass is 890 g/mol. The van der Waals surface area contributed by atoms with Gasteiger partial charge in [-0.1, -0.05) is 279 Å². The summed E-state index contributed by atoms with van der Waals surface area (Å²) in [5.74, 6) is -0.0734. The van der Waals surface area contributed by atoms with Crippen LogP contribution in [0.5, 0.6) is 0 Å². The fourth-order valence-corrected chi connectivity index (χ4v) is 8.18. The molecule has 0 saturated carbocycles. The third-order valence-electron chi connectivity index (χ3n) is 12.4. The summed E-state index contributed by atoms with van der Waals surface area (Å²) in [6.45, 7) is 4.21. The molecule has 2 atom stereocenters. The van der Waals surface area contributed by atoms with Gasteiger partial charge in [-0.2, -0.15) is 0 Å². The molecule has 0 aromatic rings. The summed E-state index contributed by atoms with van der Waals surface area (Å²) in [4.78, 5) is 12.5. The lowest BCUT2D eigenvalue weighted by molar-refractivity contribution is -0.123. The van der Waals surface area contributed by atoms with Crippen LogP contribution in [-0.2, 0) is 4.79 Å². The summed E-state index contributed by atoms with van der Waals surface area (Å²) in [6.07, 6.45) is 80.2. The predicted molar refractivity (Wildman–Crippen MR) is 285 cm³/mol. The molecule has 1 amide bonds. The molecule has 0 spiro atoms. The van der Waals surface area contributed by atoms with E-state index in [9.17, 15) is 15.0 Å². The molecular weight excluding hydrogens is 783 g/mol. The van der Waals surface area contributed by atoms with Crippen LogP contribution in [0.3, 0.4) is 0 Å². The van der Waals surface area contributed by atoms with E-state index in [-0.39, 0.29) is 12.5 Å². The van der Waals surface area contributed by atoms with Crippen LogP contribution in [0.2, 0.25) is 0 Å². The first-order valence-electron chi connectivity index (χ1n) is 27.8. The van der Waals surface area contributed by atoms with Gasteiger partial charge in [-0.15, -0.1) is 0 Å². The predicted octanol–water partition coefficient (Wildman–Crippen LogP) is 18.4. The van der Waals surface area contributed by atoms with Crippen LogP contribution in [0.1, 0.15) is 271 Å². The number of hydrogen-bond donors (Lipinski definition) is 3. The Bertz CT molecular complexity index is 1150. The lowest BCUT2D eigenvalue weighted by Gasteiger charge is -2.20. The van der Waals surface area contributed by atoms with Gasteiger partial charge in [0.15, 0.2) is 0 Å². The van der Waals surface area contributed by atoms with Crippen LogP contribution in [-0.4, -0.2) is 34.9 Å². The van der Waals surface area contributed by atoms with E-state index in [1.165, 1.54) is 180 Å². The number of carbonyl (C=O) groups is 1. The lowest BCUT2D eigenvalue weighted by Crippen LogP contribution is -2.45. The van der Waals surface area contributed by atoms with Gasteiger partial charge in [0.05, 0.1) is 18.8 Å². The molecule has 4 nitrogen and oxygen atoms in total. The second kappa shape index (κ2) is 54.9.